The van der Waals surface area contributed by atoms with E-state index in [2.05, 4.69) is 15.5 Å². The SMILES string of the molecule is CN(N)C(=O)NC1(N=NC(C)(C)C)CCCCC1. The van der Waals surface area contributed by atoms with Crippen LogP contribution in [0.1, 0.15) is 52.9 Å². The molecule has 0 spiro atoms. The van der Waals surface area contributed by atoms with E-state index in [0.29, 0.717) is 0 Å². The van der Waals surface area contributed by atoms with Crippen LogP contribution in [0.3, 0.4) is 0 Å². The Balaban J connectivity index is 2.82. The lowest BCUT2D eigenvalue weighted by Crippen LogP contribution is -2.54. The summed E-state index contributed by atoms with van der Waals surface area (Å²) in [6.45, 7) is 5.97. The van der Waals surface area contributed by atoms with Gasteiger partial charge in [-0.15, -0.1) is 0 Å². The number of hydrazine groups is 1. The summed E-state index contributed by atoms with van der Waals surface area (Å²) < 4.78 is 0. The lowest BCUT2D eigenvalue weighted by molar-refractivity contribution is 0.174. The highest BCUT2D eigenvalue weighted by Crippen LogP contribution is 2.30. The number of hydrogen-bond donors (Lipinski definition) is 2. The molecule has 0 aromatic carbocycles. The van der Waals surface area contributed by atoms with Crippen LogP contribution < -0.4 is 11.2 Å². The Hall–Kier alpha value is -1.17. The number of nitrogens with one attached hydrogen (secondary N) is 1. The maximum atomic E-state index is 11.7. The van der Waals surface area contributed by atoms with Gasteiger partial charge in [0.05, 0.1) is 5.54 Å². The zero-order valence-electron chi connectivity index (χ0n) is 11.9. The minimum atomic E-state index is -0.573. The smallest absolute Gasteiger partial charge is 0.311 e. The van der Waals surface area contributed by atoms with Crippen LogP contribution in [-0.4, -0.2) is 29.3 Å². The van der Waals surface area contributed by atoms with Crippen molar-refractivity contribution in [3.63, 3.8) is 0 Å². The fourth-order valence-corrected chi connectivity index (χ4v) is 1.92. The molecule has 0 bridgehead atoms. The van der Waals surface area contributed by atoms with Crippen LogP contribution in [0.4, 0.5) is 4.79 Å². The molecule has 0 unspecified atom stereocenters. The molecule has 0 aliphatic heterocycles. The Labute approximate surface area is 109 Å². The van der Waals surface area contributed by atoms with Crippen molar-refractivity contribution in [1.29, 1.82) is 0 Å². The Kier molecular flexibility index (Phi) is 4.67. The van der Waals surface area contributed by atoms with Crippen molar-refractivity contribution in [2.24, 2.45) is 16.1 Å². The second-order valence-electron chi connectivity index (χ2n) is 6.00. The first-order chi connectivity index (χ1) is 8.24. The van der Waals surface area contributed by atoms with Crippen LogP contribution in [0.5, 0.6) is 0 Å². The van der Waals surface area contributed by atoms with E-state index in [4.69, 9.17) is 5.84 Å². The number of urea groups is 1. The van der Waals surface area contributed by atoms with Crippen molar-refractivity contribution in [3.8, 4) is 0 Å². The molecule has 1 aliphatic carbocycles. The van der Waals surface area contributed by atoms with E-state index in [1.54, 1.807) is 0 Å². The third kappa shape index (κ3) is 4.60. The maximum absolute atomic E-state index is 11.7. The summed E-state index contributed by atoms with van der Waals surface area (Å²) in [7, 11) is 1.52. The zero-order valence-corrected chi connectivity index (χ0v) is 11.9. The lowest BCUT2D eigenvalue weighted by atomic mass is 9.89. The number of nitrogens with zero attached hydrogens (tertiary/aromatic N) is 3. The second kappa shape index (κ2) is 5.65. The standard InChI is InChI=1S/C12H25N5O/c1-11(2,3)15-16-12(8-6-5-7-9-12)14-10(18)17(4)13/h5-9,13H2,1-4H3,(H,14,18). The van der Waals surface area contributed by atoms with Gasteiger partial charge in [0.2, 0.25) is 0 Å². The summed E-state index contributed by atoms with van der Waals surface area (Å²) in [5.41, 5.74) is -0.806. The van der Waals surface area contributed by atoms with E-state index in [1.165, 1.54) is 13.5 Å². The summed E-state index contributed by atoms with van der Waals surface area (Å²) in [6.07, 6.45) is 4.94. The third-order valence-corrected chi connectivity index (χ3v) is 2.88. The molecular weight excluding hydrogens is 230 g/mol. The molecule has 1 fully saturated rings. The van der Waals surface area contributed by atoms with Gasteiger partial charge in [-0.25, -0.2) is 10.6 Å². The number of amides is 2. The van der Waals surface area contributed by atoms with Crippen molar-refractivity contribution in [2.45, 2.75) is 64.1 Å². The van der Waals surface area contributed by atoms with Crippen molar-refractivity contribution < 1.29 is 4.79 Å². The van der Waals surface area contributed by atoms with Gasteiger partial charge in [0.15, 0.2) is 5.66 Å². The Bertz CT molecular complexity index is 313. The molecule has 2 amide bonds. The molecule has 0 atom stereocenters. The molecule has 18 heavy (non-hydrogen) atoms. The highest BCUT2D eigenvalue weighted by atomic mass is 16.2. The van der Waals surface area contributed by atoms with Gasteiger partial charge in [0, 0.05) is 7.05 Å². The molecule has 6 nitrogen and oxygen atoms in total. The number of carbonyl (C=O) groups excluding carboxylic acids is 1. The molecule has 104 valence electrons. The van der Waals surface area contributed by atoms with Gasteiger partial charge in [0.25, 0.3) is 0 Å². The number of nitrogens with two attached hydrogens (primary N) is 1. The topological polar surface area (TPSA) is 83.1 Å². The molecule has 3 N–H and O–H groups in total. The number of hydrogen-bond acceptors (Lipinski definition) is 4. The zero-order chi connectivity index (χ0) is 13.8. The van der Waals surface area contributed by atoms with Gasteiger partial charge in [-0.05, 0) is 46.5 Å². The molecule has 1 saturated carbocycles. The summed E-state index contributed by atoms with van der Waals surface area (Å²) in [5, 5.41) is 12.7. The Morgan fingerprint density at radius 2 is 1.83 bits per heavy atom. The Morgan fingerprint density at radius 3 is 2.28 bits per heavy atom. The van der Waals surface area contributed by atoms with E-state index in [0.717, 1.165) is 30.7 Å². The van der Waals surface area contributed by atoms with E-state index in [-0.39, 0.29) is 11.6 Å². The first-order valence-corrected chi connectivity index (χ1v) is 6.49. The van der Waals surface area contributed by atoms with E-state index in [1.807, 2.05) is 20.8 Å². The predicted octanol–water partition coefficient (Wildman–Crippen LogP) is 2.41. The van der Waals surface area contributed by atoms with Crippen LogP contribution in [0.25, 0.3) is 0 Å². The largest absolute Gasteiger partial charge is 0.333 e. The average molecular weight is 255 g/mol. The van der Waals surface area contributed by atoms with Crippen molar-refractivity contribution in [3.05, 3.63) is 0 Å². The van der Waals surface area contributed by atoms with Crippen molar-refractivity contribution in [1.82, 2.24) is 10.3 Å². The van der Waals surface area contributed by atoms with Crippen LogP contribution in [0.15, 0.2) is 10.2 Å². The fraction of sp³-hybridized carbons (Fsp3) is 0.917. The minimum Gasteiger partial charge on any atom is -0.311 e. The number of azo groups is 1. The maximum Gasteiger partial charge on any atom is 0.333 e. The molecular formula is C12H25N5O. The molecule has 0 aromatic rings. The van der Waals surface area contributed by atoms with Crippen molar-refractivity contribution in [2.75, 3.05) is 7.05 Å². The molecule has 0 aromatic heterocycles. The summed E-state index contributed by atoms with van der Waals surface area (Å²) in [5.74, 6) is 5.44. The van der Waals surface area contributed by atoms with Crippen LogP contribution >= 0.6 is 0 Å². The van der Waals surface area contributed by atoms with Gasteiger partial charge in [0.1, 0.15) is 0 Å². The Morgan fingerprint density at radius 1 is 1.28 bits per heavy atom. The van der Waals surface area contributed by atoms with Gasteiger partial charge in [-0.1, -0.05) is 6.42 Å². The van der Waals surface area contributed by atoms with E-state index >= 15 is 0 Å². The first-order valence-electron chi connectivity index (χ1n) is 6.49. The number of rotatable bonds is 2. The second-order valence-corrected chi connectivity index (χ2v) is 6.00. The summed E-state index contributed by atoms with van der Waals surface area (Å²) in [6, 6.07) is -0.315. The van der Waals surface area contributed by atoms with Crippen molar-refractivity contribution >= 4 is 6.03 Å². The van der Waals surface area contributed by atoms with E-state index in [9.17, 15) is 4.79 Å². The van der Waals surface area contributed by atoms with E-state index < -0.39 is 5.66 Å². The van der Waals surface area contributed by atoms with Gasteiger partial charge in [-0.2, -0.15) is 10.2 Å². The monoisotopic (exact) mass is 255 g/mol. The quantitative estimate of drug-likeness (QED) is 0.344. The first kappa shape index (κ1) is 14.9. The summed E-state index contributed by atoms with van der Waals surface area (Å²) >= 11 is 0. The van der Waals surface area contributed by atoms with Gasteiger partial charge >= 0.3 is 6.03 Å². The van der Waals surface area contributed by atoms with Crippen LogP contribution in [0, 0.1) is 0 Å². The molecule has 0 saturated heterocycles. The molecule has 0 radical (unpaired) electrons. The predicted molar refractivity (Wildman–Crippen MR) is 70.9 cm³/mol. The number of carbonyl (C=O) groups is 1. The summed E-state index contributed by atoms with van der Waals surface area (Å²) in [4.78, 5) is 11.7. The molecule has 1 aliphatic rings. The fourth-order valence-electron chi connectivity index (χ4n) is 1.92. The third-order valence-electron chi connectivity index (χ3n) is 2.88. The van der Waals surface area contributed by atoms with Gasteiger partial charge in [-0.3, -0.25) is 5.01 Å². The average Bonchev–Trinajstić information content (AvgIpc) is 2.27. The molecule has 1 rings (SSSR count). The molecule has 6 heteroatoms. The minimum absolute atomic E-state index is 0.232. The van der Waals surface area contributed by atoms with Crippen LogP contribution in [0.2, 0.25) is 0 Å². The van der Waals surface area contributed by atoms with Gasteiger partial charge < -0.3 is 5.32 Å². The highest BCUT2D eigenvalue weighted by Gasteiger charge is 2.34. The van der Waals surface area contributed by atoms with Crippen LogP contribution in [-0.2, 0) is 0 Å². The highest BCUT2D eigenvalue weighted by molar-refractivity contribution is 5.74. The molecule has 0 heterocycles. The lowest BCUT2D eigenvalue weighted by Gasteiger charge is -2.34. The normalized spacial score (nSPS) is 19.8.